The van der Waals surface area contributed by atoms with Crippen molar-refractivity contribution in [2.45, 2.75) is 6.92 Å². The third kappa shape index (κ3) is 2.34. The van der Waals surface area contributed by atoms with Crippen LogP contribution in [0.15, 0.2) is 66.9 Å². The van der Waals surface area contributed by atoms with Crippen LogP contribution in [0.25, 0.3) is 28.0 Å². The number of nitrogens with two attached hydrogens (primary N) is 1. The molecule has 0 atom stereocenters. The molecule has 4 rings (SSSR count). The van der Waals surface area contributed by atoms with Crippen LogP contribution in [-0.2, 0) is 0 Å². The van der Waals surface area contributed by atoms with Crippen LogP contribution in [0.5, 0.6) is 0 Å². The Bertz CT molecular complexity index is 984. The standard InChI is InChI=1S/C19H16N4/c1-13-5-4-6-16(21-13)19-18(14-8-10-15(20)11-9-14)17-7-2-3-12-23(17)22-19/h2-12H,20H2,1H3. The Kier molecular flexibility index (Phi) is 3.08. The summed E-state index contributed by atoms with van der Waals surface area (Å²) in [5, 5.41) is 4.75. The molecule has 0 aliphatic rings. The molecule has 0 bridgehead atoms. The van der Waals surface area contributed by atoms with Crippen LogP contribution < -0.4 is 5.73 Å². The van der Waals surface area contributed by atoms with Crippen molar-refractivity contribution >= 4 is 11.2 Å². The summed E-state index contributed by atoms with van der Waals surface area (Å²) in [6.45, 7) is 1.99. The van der Waals surface area contributed by atoms with Crippen molar-refractivity contribution < 1.29 is 0 Å². The van der Waals surface area contributed by atoms with Crippen molar-refractivity contribution in [1.29, 1.82) is 0 Å². The van der Waals surface area contributed by atoms with Crippen LogP contribution in [0.4, 0.5) is 5.69 Å². The summed E-state index contributed by atoms with van der Waals surface area (Å²) in [5.74, 6) is 0. The van der Waals surface area contributed by atoms with Gasteiger partial charge in [0.25, 0.3) is 0 Å². The average Bonchev–Trinajstić information content (AvgIpc) is 2.95. The quantitative estimate of drug-likeness (QED) is 0.570. The largest absolute Gasteiger partial charge is 0.399 e. The summed E-state index contributed by atoms with van der Waals surface area (Å²) in [4.78, 5) is 4.64. The summed E-state index contributed by atoms with van der Waals surface area (Å²) in [7, 11) is 0. The smallest absolute Gasteiger partial charge is 0.120 e. The third-order valence-electron chi connectivity index (χ3n) is 3.87. The van der Waals surface area contributed by atoms with Crippen molar-refractivity contribution in [3.8, 4) is 22.5 Å². The van der Waals surface area contributed by atoms with Crippen LogP contribution in [0.3, 0.4) is 0 Å². The maximum Gasteiger partial charge on any atom is 0.120 e. The molecule has 1 aromatic carbocycles. The second kappa shape index (κ2) is 5.25. The van der Waals surface area contributed by atoms with Crippen LogP contribution in [0, 0.1) is 6.92 Å². The average molecular weight is 300 g/mol. The van der Waals surface area contributed by atoms with Gasteiger partial charge in [-0.15, -0.1) is 0 Å². The lowest BCUT2D eigenvalue weighted by molar-refractivity contribution is 0.961. The van der Waals surface area contributed by atoms with Crippen LogP contribution in [-0.4, -0.2) is 14.6 Å². The number of anilines is 1. The molecule has 0 saturated heterocycles. The fourth-order valence-corrected chi connectivity index (χ4v) is 2.79. The number of pyridine rings is 2. The van der Waals surface area contributed by atoms with E-state index >= 15 is 0 Å². The molecule has 3 aromatic heterocycles. The Labute approximate surface area is 134 Å². The van der Waals surface area contributed by atoms with Crippen molar-refractivity contribution in [2.75, 3.05) is 5.73 Å². The number of nitrogen functional groups attached to an aromatic ring is 1. The van der Waals surface area contributed by atoms with Crippen LogP contribution in [0.2, 0.25) is 0 Å². The Balaban J connectivity index is 2.04. The van der Waals surface area contributed by atoms with E-state index < -0.39 is 0 Å². The SMILES string of the molecule is Cc1cccc(-c2nn3ccccc3c2-c2ccc(N)cc2)n1. The van der Waals surface area contributed by atoms with Gasteiger partial charge in [-0.25, -0.2) is 4.52 Å². The van der Waals surface area contributed by atoms with E-state index in [1.165, 1.54) is 0 Å². The molecular weight excluding hydrogens is 284 g/mol. The lowest BCUT2D eigenvalue weighted by Crippen LogP contribution is -1.90. The molecule has 112 valence electrons. The summed E-state index contributed by atoms with van der Waals surface area (Å²) in [6.07, 6.45) is 1.95. The first kappa shape index (κ1) is 13.5. The van der Waals surface area contributed by atoms with Crippen LogP contribution >= 0.6 is 0 Å². The fraction of sp³-hybridized carbons (Fsp3) is 0.0526. The van der Waals surface area contributed by atoms with E-state index in [1.54, 1.807) is 0 Å². The molecule has 0 unspecified atom stereocenters. The number of nitrogens with zero attached hydrogens (tertiary/aromatic N) is 3. The van der Waals surface area contributed by atoms with Crippen molar-refractivity contribution in [2.24, 2.45) is 0 Å². The number of aromatic nitrogens is 3. The van der Waals surface area contributed by atoms with E-state index in [0.717, 1.165) is 39.4 Å². The number of fused-ring (bicyclic) bond motifs is 1. The normalized spacial score (nSPS) is 11.0. The molecule has 2 N–H and O–H groups in total. The molecule has 0 saturated carbocycles. The molecule has 4 nitrogen and oxygen atoms in total. The van der Waals surface area contributed by atoms with Gasteiger partial charge in [0.05, 0.1) is 11.2 Å². The number of aryl methyl sites for hydroxylation is 1. The monoisotopic (exact) mass is 300 g/mol. The highest BCUT2D eigenvalue weighted by Gasteiger charge is 2.17. The molecule has 23 heavy (non-hydrogen) atoms. The predicted octanol–water partition coefficient (Wildman–Crippen LogP) is 3.95. The second-order valence-corrected chi connectivity index (χ2v) is 5.54. The Hall–Kier alpha value is -3.14. The zero-order chi connectivity index (χ0) is 15.8. The molecule has 0 spiro atoms. The molecule has 0 amide bonds. The summed E-state index contributed by atoms with van der Waals surface area (Å²) in [6, 6.07) is 19.9. The first-order chi connectivity index (χ1) is 11.2. The highest BCUT2D eigenvalue weighted by atomic mass is 15.2. The first-order valence-electron chi connectivity index (χ1n) is 7.50. The maximum atomic E-state index is 5.83. The lowest BCUT2D eigenvalue weighted by atomic mass is 10.0. The highest BCUT2D eigenvalue weighted by Crippen LogP contribution is 2.34. The molecule has 0 aliphatic carbocycles. The summed E-state index contributed by atoms with van der Waals surface area (Å²) >= 11 is 0. The number of hydrogen-bond donors (Lipinski definition) is 1. The summed E-state index contributed by atoms with van der Waals surface area (Å²) < 4.78 is 1.89. The maximum absolute atomic E-state index is 5.83. The van der Waals surface area contributed by atoms with Gasteiger partial charge < -0.3 is 5.73 Å². The van der Waals surface area contributed by atoms with Crippen molar-refractivity contribution in [3.63, 3.8) is 0 Å². The molecule has 0 aliphatic heterocycles. The minimum Gasteiger partial charge on any atom is -0.399 e. The minimum atomic E-state index is 0.750. The van der Waals surface area contributed by atoms with Gasteiger partial charge in [-0.3, -0.25) is 4.98 Å². The molecular formula is C19H16N4. The molecule has 4 aromatic rings. The van der Waals surface area contributed by atoms with E-state index in [-0.39, 0.29) is 0 Å². The number of rotatable bonds is 2. The zero-order valence-corrected chi connectivity index (χ0v) is 12.8. The minimum absolute atomic E-state index is 0.750. The Morgan fingerprint density at radius 3 is 2.52 bits per heavy atom. The number of benzene rings is 1. The van der Waals surface area contributed by atoms with E-state index in [1.807, 2.05) is 72.2 Å². The van der Waals surface area contributed by atoms with E-state index in [0.29, 0.717) is 0 Å². The van der Waals surface area contributed by atoms with Gasteiger partial charge in [0, 0.05) is 23.1 Å². The van der Waals surface area contributed by atoms with E-state index in [2.05, 4.69) is 11.1 Å². The van der Waals surface area contributed by atoms with Gasteiger partial charge in [-0.2, -0.15) is 5.10 Å². The predicted molar refractivity (Wildman–Crippen MR) is 93.0 cm³/mol. The second-order valence-electron chi connectivity index (χ2n) is 5.54. The molecule has 3 heterocycles. The molecule has 0 radical (unpaired) electrons. The van der Waals surface area contributed by atoms with Crippen LogP contribution in [0.1, 0.15) is 5.69 Å². The van der Waals surface area contributed by atoms with Gasteiger partial charge in [-0.05, 0) is 48.9 Å². The summed E-state index contributed by atoms with van der Waals surface area (Å²) in [5.41, 5.74) is 12.5. The van der Waals surface area contributed by atoms with Crippen molar-refractivity contribution in [1.82, 2.24) is 14.6 Å². The van der Waals surface area contributed by atoms with Gasteiger partial charge in [0.2, 0.25) is 0 Å². The van der Waals surface area contributed by atoms with E-state index in [4.69, 9.17) is 10.8 Å². The highest BCUT2D eigenvalue weighted by molar-refractivity contribution is 5.91. The molecule has 0 fully saturated rings. The zero-order valence-electron chi connectivity index (χ0n) is 12.8. The van der Waals surface area contributed by atoms with Gasteiger partial charge in [-0.1, -0.05) is 24.3 Å². The molecule has 4 heteroatoms. The van der Waals surface area contributed by atoms with Crippen molar-refractivity contribution in [3.05, 3.63) is 72.6 Å². The lowest BCUT2D eigenvalue weighted by Gasteiger charge is -2.04. The van der Waals surface area contributed by atoms with Gasteiger partial charge >= 0.3 is 0 Å². The first-order valence-corrected chi connectivity index (χ1v) is 7.50. The Morgan fingerprint density at radius 2 is 1.74 bits per heavy atom. The Morgan fingerprint density at radius 1 is 0.913 bits per heavy atom. The van der Waals surface area contributed by atoms with Gasteiger partial charge in [0.1, 0.15) is 5.69 Å². The topological polar surface area (TPSA) is 56.2 Å². The number of hydrogen-bond acceptors (Lipinski definition) is 3. The van der Waals surface area contributed by atoms with E-state index in [9.17, 15) is 0 Å². The third-order valence-corrected chi connectivity index (χ3v) is 3.87. The fourth-order valence-electron chi connectivity index (χ4n) is 2.79. The van der Waals surface area contributed by atoms with Gasteiger partial charge in [0.15, 0.2) is 0 Å².